The number of aromatic amines is 1. The maximum absolute atomic E-state index is 13.6. The maximum Gasteiger partial charge on any atom is 0.295 e. The summed E-state index contributed by atoms with van der Waals surface area (Å²) < 4.78 is 13.6. The third-order valence-electron chi connectivity index (χ3n) is 5.95. The summed E-state index contributed by atoms with van der Waals surface area (Å²) in [6.07, 6.45) is 3.45. The number of Topliss-reactive ketones (excluding diaryl/α,β-unsaturated/α-hetero) is 1. The zero-order valence-corrected chi connectivity index (χ0v) is 16.0. The molecule has 2 aromatic carbocycles. The van der Waals surface area contributed by atoms with E-state index in [0.29, 0.717) is 36.8 Å². The summed E-state index contributed by atoms with van der Waals surface area (Å²) in [6, 6.07) is 14.1. The standard InChI is InChI=1S/C23H23FN2O3/c24-17-6-7-20-18(12-17)19(14-25-20)21(28)22(29)26-10-8-23(15-27,9-11-26)13-16-4-2-1-3-5-16/h1-7,12,14,25,27H,8-11,13,15H2. The lowest BCUT2D eigenvalue weighted by Crippen LogP contribution is -2.47. The molecule has 0 radical (unpaired) electrons. The number of nitrogens with zero attached hydrogens (tertiary/aromatic N) is 1. The fourth-order valence-corrected chi connectivity index (χ4v) is 4.14. The van der Waals surface area contributed by atoms with Gasteiger partial charge in [0.1, 0.15) is 5.82 Å². The van der Waals surface area contributed by atoms with Crippen molar-refractivity contribution in [3.8, 4) is 0 Å². The van der Waals surface area contributed by atoms with Crippen LogP contribution in [0.4, 0.5) is 4.39 Å². The summed E-state index contributed by atoms with van der Waals surface area (Å²) in [7, 11) is 0. The number of benzene rings is 2. The molecule has 0 saturated carbocycles. The van der Waals surface area contributed by atoms with Crippen molar-refractivity contribution in [3.05, 3.63) is 71.7 Å². The minimum atomic E-state index is -0.638. The Labute approximate surface area is 168 Å². The third-order valence-corrected chi connectivity index (χ3v) is 5.95. The van der Waals surface area contributed by atoms with Crippen molar-refractivity contribution in [2.75, 3.05) is 19.7 Å². The van der Waals surface area contributed by atoms with E-state index in [-0.39, 0.29) is 17.6 Å². The van der Waals surface area contributed by atoms with Crippen molar-refractivity contribution in [2.24, 2.45) is 5.41 Å². The second kappa shape index (κ2) is 7.79. The van der Waals surface area contributed by atoms with Crippen LogP contribution >= 0.6 is 0 Å². The lowest BCUT2D eigenvalue weighted by atomic mass is 9.74. The number of rotatable bonds is 5. The fraction of sp³-hybridized carbons (Fsp3) is 0.304. The first-order valence-corrected chi connectivity index (χ1v) is 9.76. The summed E-state index contributed by atoms with van der Waals surface area (Å²) in [5.74, 6) is -1.67. The van der Waals surface area contributed by atoms with Gasteiger partial charge < -0.3 is 15.0 Å². The molecule has 0 bridgehead atoms. The monoisotopic (exact) mass is 394 g/mol. The molecule has 1 saturated heterocycles. The molecular weight excluding hydrogens is 371 g/mol. The number of halogens is 1. The summed E-state index contributed by atoms with van der Waals surface area (Å²) in [4.78, 5) is 30.0. The van der Waals surface area contributed by atoms with Crippen LogP contribution in [0, 0.1) is 11.2 Å². The highest BCUT2D eigenvalue weighted by Gasteiger charge is 2.37. The highest BCUT2D eigenvalue weighted by Crippen LogP contribution is 2.35. The lowest BCUT2D eigenvalue weighted by molar-refractivity contribution is -0.129. The Bertz CT molecular complexity index is 1040. The second-order valence-corrected chi connectivity index (χ2v) is 7.83. The van der Waals surface area contributed by atoms with Gasteiger partial charge in [-0.2, -0.15) is 0 Å². The molecule has 1 amide bonds. The highest BCUT2D eigenvalue weighted by molar-refractivity contribution is 6.44. The van der Waals surface area contributed by atoms with E-state index in [1.807, 2.05) is 30.3 Å². The number of aromatic nitrogens is 1. The lowest BCUT2D eigenvalue weighted by Gasteiger charge is -2.40. The number of aliphatic hydroxyl groups excluding tert-OH is 1. The van der Waals surface area contributed by atoms with Gasteiger partial charge in [-0.3, -0.25) is 9.59 Å². The number of piperidine rings is 1. The molecule has 3 aromatic rings. The van der Waals surface area contributed by atoms with Gasteiger partial charge >= 0.3 is 0 Å². The smallest absolute Gasteiger partial charge is 0.295 e. The number of H-pyrrole nitrogens is 1. The third kappa shape index (κ3) is 3.80. The molecule has 6 heteroatoms. The molecule has 0 atom stereocenters. The van der Waals surface area contributed by atoms with Crippen LogP contribution in [0.15, 0.2) is 54.7 Å². The fourth-order valence-electron chi connectivity index (χ4n) is 4.14. The molecule has 0 spiro atoms. The van der Waals surface area contributed by atoms with E-state index < -0.39 is 17.5 Å². The van der Waals surface area contributed by atoms with Crippen molar-refractivity contribution in [1.82, 2.24) is 9.88 Å². The highest BCUT2D eigenvalue weighted by atomic mass is 19.1. The van der Waals surface area contributed by atoms with E-state index in [4.69, 9.17) is 0 Å². The zero-order valence-electron chi connectivity index (χ0n) is 16.0. The normalized spacial score (nSPS) is 16.1. The number of nitrogens with one attached hydrogen (secondary N) is 1. The predicted molar refractivity (Wildman–Crippen MR) is 108 cm³/mol. The molecule has 1 fully saturated rings. The molecule has 5 nitrogen and oxygen atoms in total. The summed E-state index contributed by atoms with van der Waals surface area (Å²) in [5, 5.41) is 10.4. The van der Waals surface area contributed by atoms with Gasteiger partial charge in [0.25, 0.3) is 11.7 Å². The first-order chi connectivity index (χ1) is 14.0. The van der Waals surface area contributed by atoms with Gasteiger partial charge in [-0.25, -0.2) is 4.39 Å². The van der Waals surface area contributed by atoms with Crippen LogP contribution in [-0.2, 0) is 11.2 Å². The number of hydrogen-bond acceptors (Lipinski definition) is 3. The Morgan fingerprint density at radius 3 is 2.52 bits per heavy atom. The summed E-state index contributed by atoms with van der Waals surface area (Å²) in [6.45, 7) is 0.864. The molecule has 2 heterocycles. The minimum Gasteiger partial charge on any atom is -0.396 e. The number of likely N-dealkylation sites (tertiary alicyclic amines) is 1. The van der Waals surface area contributed by atoms with Gasteiger partial charge in [0, 0.05) is 42.2 Å². The van der Waals surface area contributed by atoms with Gasteiger partial charge in [-0.15, -0.1) is 0 Å². The predicted octanol–water partition coefficient (Wildman–Crippen LogP) is 3.33. The quantitative estimate of drug-likeness (QED) is 0.515. The largest absolute Gasteiger partial charge is 0.396 e. The van der Waals surface area contributed by atoms with Crippen LogP contribution in [0.5, 0.6) is 0 Å². The Morgan fingerprint density at radius 2 is 1.83 bits per heavy atom. The first kappa shape index (κ1) is 19.3. The summed E-state index contributed by atoms with van der Waals surface area (Å²) >= 11 is 0. The van der Waals surface area contributed by atoms with Crippen LogP contribution < -0.4 is 0 Å². The number of carbonyl (C=O) groups excluding carboxylic acids is 2. The number of ketones is 1. The molecule has 1 aliphatic heterocycles. The maximum atomic E-state index is 13.6. The molecular formula is C23H23FN2O3. The van der Waals surface area contributed by atoms with Gasteiger partial charge in [0.2, 0.25) is 0 Å². The minimum absolute atomic E-state index is 0.0413. The van der Waals surface area contributed by atoms with Crippen LogP contribution in [0.25, 0.3) is 10.9 Å². The molecule has 29 heavy (non-hydrogen) atoms. The van der Waals surface area contributed by atoms with Crippen LogP contribution in [0.3, 0.4) is 0 Å². The van der Waals surface area contributed by atoms with E-state index in [0.717, 1.165) is 12.0 Å². The Morgan fingerprint density at radius 1 is 1.10 bits per heavy atom. The van der Waals surface area contributed by atoms with Crippen LogP contribution in [0.2, 0.25) is 0 Å². The van der Waals surface area contributed by atoms with E-state index in [2.05, 4.69) is 4.98 Å². The molecule has 150 valence electrons. The Kier molecular flexibility index (Phi) is 5.20. The average molecular weight is 394 g/mol. The van der Waals surface area contributed by atoms with E-state index >= 15 is 0 Å². The first-order valence-electron chi connectivity index (χ1n) is 9.76. The average Bonchev–Trinajstić information content (AvgIpc) is 3.17. The number of carbonyl (C=O) groups is 2. The molecule has 0 unspecified atom stereocenters. The molecule has 1 aliphatic rings. The van der Waals surface area contributed by atoms with Gasteiger partial charge in [-0.1, -0.05) is 30.3 Å². The number of aliphatic hydroxyl groups is 1. The van der Waals surface area contributed by atoms with E-state index in [1.165, 1.54) is 18.3 Å². The van der Waals surface area contributed by atoms with Gasteiger partial charge in [-0.05, 0) is 43.0 Å². The van der Waals surface area contributed by atoms with E-state index in [1.54, 1.807) is 11.0 Å². The zero-order chi connectivity index (χ0) is 20.4. The van der Waals surface area contributed by atoms with Crippen molar-refractivity contribution in [3.63, 3.8) is 0 Å². The Hall–Kier alpha value is -2.99. The van der Waals surface area contributed by atoms with Crippen LogP contribution in [-0.4, -0.2) is 46.4 Å². The van der Waals surface area contributed by atoms with Crippen LogP contribution in [0.1, 0.15) is 28.8 Å². The number of fused-ring (bicyclic) bond motifs is 1. The number of amides is 1. The molecule has 2 N–H and O–H groups in total. The van der Waals surface area contributed by atoms with Gasteiger partial charge in [0.05, 0.1) is 5.56 Å². The SMILES string of the molecule is O=C(C(=O)N1CCC(CO)(Cc2ccccc2)CC1)c1c[nH]c2ccc(F)cc12. The van der Waals surface area contributed by atoms with Crippen molar-refractivity contribution in [2.45, 2.75) is 19.3 Å². The van der Waals surface area contributed by atoms with Gasteiger partial charge in [0.15, 0.2) is 0 Å². The van der Waals surface area contributed by atoms with E-state index in [9.17, 15) is 19.1 Å². The van der Waals surface area contributed by atoms with Crippen molar-refractivity contribution in [1.29, 1.82) is 0 Å². The summed E-state index contributed by atoms with van der Waals surface area (Å²) in [5.41, 5.74) is 1.67. The molecule has 1 aromatic heterocycles. The molecule has 4 rings (SSSR count). The topological polar surface area (TPSA) is 73.4 Å². The number of hydrogen-bond donors (Lipinski definition) is 2. The molecule has 0 aliphatic carbocycles. The van der Waals surface area contributed by atoms with Crippen molar-refractivity contribution >= 4 is 22.6 Å². The second-order valence-electron chi connectivity index (χ2n) is 7.83. The Balaban J connectivity index is 1.46. The van der Waals surface area contributed by atoms with Crippen molar-refractivity contribution < 1.29 is 19.1 Å².